The van der Waals surface area contributed by atoms with Crippen molar-refractivity contribution >= 4 is 29.4 Å². The van der Waals surface area contributed by atoms with Crippen LogP contribution in [-0.2, 0) is 4.74 Å². The van der Waals surface area contributed by atoms with Crippen LogP contribution < -0.4 is 21.1 Å². The maximum atomic E-state index is 12.7. The van der Waals surface area contributed by atoms with E-state index in [4.69, 9.17) is 10.1 Å². The minimum absolute atomic E-state index is 0.0381. The summed E-state index contributed by atoms with van der Waals surface area (Å²) in [6.45, 7) is 4.17. The molecule has 1 aromatic heterocycles. The highest BCUT2D eigenvalue weighted by Gasteiger charge is 2.34. The number of hydrogen-bond donors (Lipinski definition) is 4. The number of nitrogens with one attached hydrogen (secondary N) is 4. The first-order valence-electron chi connectivity index (χ1n) is 12.5. The largest absolute Gasteiger partial charge is 0.378 e. The third-order valence-electron chi connectivity index (χ3n) is 7.11. The molecule has 0 radical (unpaired) electrons. The number of nitrogens with zero attached hydrogens (tertiary/aromatic N) is 3. The summed E-state index contributed by atoms with van der Waals surface area (Å²) in [7, 11) is 0. The number of rotatable bonds is 6. The first kappa shape index (κ1) is 23.3. The number of morpholine rings is 1. The van der Waals surface area contributed by atoms with Crippen LogP contribution in [0.4, 0.5) is 22.0 Å². The average Bonchev–Trinajstić information content (AvgIpc) is 2.85. The number of aromatic amines is 1. The van der Waals surface area contributed by atoms with Crippen molar-refractivity contribution in [3.8, 4) is 0 Å². The molecule has 0 atom stereocenters. The van der Waals surface area contributed by atoms with Crippen LogP contribution in [0.25, 0.3) is 0 Å². The number of benzene rings is 1. The van der Waals surface area contributed by atoms with Crippen LogP contribution in [0, 0.1) is 5.41 Å². The van der Waals surface area contributed by atoms with Gasteiger partial charge in [0.05, 0.1) is 24.7 Å². The maximum Gasteiger partial charge on any atom is 0.321 e. The lowest BCUT2D eigenvalue weighted by atomic mass is 9.95. The van der Waals surface area contributed by atoms with Gasteiger partial charge < -0.3 is 35.6 Å². The van der Waals surface area contributed by atoms with Crippen molar-refractivity contribution in [3.63, 3.8) is 0 Å². The van der Waals surface area contributed by atoms with Gasteiger partial charge in [-0.05, 0) is 37.1 Å². The zero-order valence-electron chi connectivity index (χ0n) is 19.9. The second-order valence-corrected chi connectivity index (χ2v) is 9.52. The van der Waals surface area contributed by atoms with Gasteiger partial charge in [-0.1, -0.05) is 19.3 Å². The molecule has 5 rings (SSSR count). The standard InChI is InChI=1S/C25H33N7O3/c26-14-21-23(27-18-4-2-1-3-5-18)29-22(30-24(21)33)17-15-32(16-17)25(34)28-19-6-8-20(9-7-19)31-10-12-35-13-11-31/h6-9,14,17-18,26H,1-5,10-13,15-16H2,(H,28,34)(H2,27,29,30,33). The quantitative estimate of drug-likeness (QED) is 0.472. The van der Waals surface area contributed by atoms with Gasteiger partial charge in [0.15, 0.2) is 0 Å². The maximum absolute atomic E-state index is 12.7. The summed E-state index contributed by atoms with van der Waals surface area (Å²) in [4.78, 5) is 36.8. The summed E-state index contributed by atoms with van der Waals surface area (Å²) in [5, 5.41) is 14.0. The summed E-state index contributed by atoms with van der Waals surface area (Å²) in [6, 6.07) is 7.97. The van der Waals surface area contributed by atoms with Crippen molar-refractivity contribution in [1.82, 2.24) is 14.9 Å². The first-order chi connectivity index (χ1) is 17.1. The molecule has 0 spiro atoms. The van der Waals surface area contributed by atoms with Crippen LogP contribution >= 0.6 is 0 Å². The van der Waals surface area contributed by atoms with Crippen LogP contribution in [0.3, 0.4) is 0 Å². The Balaban J connectivity index is 1.18. The van der Waals surface area contributed by atoms with Gasteiger partial charge in [-0.3, -0.25) is 4.79 Å². The second-order valence-electron chi connectivity index (χ2n) is 9.52. The van der Waals surface area contributed by atoms with E-state index in [0.717, 1.165) is 69.6 Å². The fraction of sp³-hybridized carbons (Fsp3) is 0.520. The third-order valence-corrected chi connectivity index (χ3v) is 7.11. The highest BCUT2D eigenvalue weighted by atomic mass is 16.5. The van der Waals surface area contributed by atoms with E-state index in [9.17, 15) is 9.59 Å². The Morgan fingerprint density at radius 2 is 1.83 bits per heavy atom. The molecule has 35 heavy (non-hydrogen) atoms. The van der Waals surface area contributed by atoms with Gasteiger partial charge in [0, 0.05) is 49.8 Å². The van der Waals surface area contributed by atoms with Crippen LogP contribution in [-0.4, -0.2) is 72.5 Å². The fourth-order valence-electron chi connectivity index (χ4n) is 4.97. The molecule has 2 amide bonds. The highest BCUT2D eigenvalue weighted by molar-refractivity contribution is 5.90. The predicted octanol–water partition coefficient (Wildman–Crippen LogP) is 2.98. The number of aromatic nitrogens is 2. The number of likely N-dealkylation sites (tertiary alicyclic amines) is 1. The number of ether oxygens (including phenoxy) is 1. The lowest BCUT2D eigenvalue weighted by Gasteiger charge is -2.38. The van der Waals surface area contributed by atoms with E-state index >= 15 is 0 Å². The normalized spacial score (nSPS) is 19.2. The van der Waals surface area contributed by atoms with Crippen LogP contribution in [0.5, 0.6) is 0 Å². The minimum atomic E-state index is -0.313. The number of amides is 2. The number of hydrogen-bond acceptors (Lipinski definition) is 7. The molecule has 10 nitrogen and oxygen atoms in total. The van der Waals surface area contributed by atoms with Gasteiger partial charge in [0.25, 0.3) is 5.56 Å². The molecule has 0 unspecified atom stereocenters. The SMILES string of the molecule is N=Cc1c(NC2CCCCC2)nc(C2CN(C(=O)Nc3ccc(N4CCOCC4)cc3)C2)[nH]c1=O. The smallest absolute Gasteiger partial charge is 0.321 e. The molecular formula is C25H33N7O3. The van der Waals surface area contributed by atoms with E-state index in [1.807, 2.05) is 24.3 Å². The molecule has 4 N–H and O–H groups in total. The summed E-state index contributed by atoms with van der Waals surface area (Å²) in [5.41, 5.74) is 1.81. The molecule has 3 heterocycles. The van der Waals surface area contributed by atoms with Crippen molar-refractivity contribution in [2.24, 2.45) is 0 Å². The van der Waals surface area contributed by atoms with Crippen molar-refractivity contribution in [2.45, 2.75) is 44.1 Å². The molecule has 1 aliphatic carbocycles. The zero-order valence-corrected chi connectivity index (χ0v) is 19.9. The highest BCUT2D eigenvalue weighted by Crippen LogP contribution is 2.27. The number of urea groups is 1. The molecule has 3 aliphatic rings. The van der Waals surface area contributed by atoms with Crippen molar-refractivity contribution < 1.29 is 9.53 Å². The monoisotopic (exact) mass is 479 g/mol. The third kappa shape index (κ3) is 5.32. The van der Waals surface area contributed by atoms with Gasteiger partial charge >= 0.3 is 6.03 Å². The molecule has 1 aromatic carbocycles. The van der Waals surface area contributed by atoms with Crippen LogP contribution in [0.15, 0.2) is 29.1 Å². The second kappa shape index (κ2) is 10.5. The Hall–Kier alpha value is -3.40. The molecular weight excluding hydrogens is 446 g/mol. The van der Waals surface area contributed by atoms with Crippen molar-refractivity contribution in [2.75, 3.05) is 54.9 Å². The molecule has 0 bridgehead atoms. The van der Waals surface area contributed by atoms with E-state index < -0.39 is 0 Å². The number of anilines is 3. The summed E-state index contributed by atoms with van der Waals surface area (Å²) < 4.78 is 5.40. The van der Waals surface area contributed by atoms with E-state index in [2.05, 4.69) is 25.5 Å². The molecule has 3 fully saturated rings. The Kier molecular flexibility index (Phi) is 6.98. The molecule has 10 heteroatoms. The van der Waals surface area contributed by atoms with Gasteiger partial charge in [-0.25, -0.2) is 9.78 Å². The van der Waals surface area contributed by atoms with E-state index in [1.54, 1.807) is 4.90 Å². The van der Waals surface area contributed by atoms with Crippen molar-refractivity contribution in [1.29, 1.82) is 5.41 Å². The minimum Gasteiger partial charge on any atom is -0.378 e. The number of H-pyrrole nitrogens is 1. The molecule has 1 saturated carbocycles. The molecule has 186 valence electrons. The lowest BCUT2D eigenvalue weighted by molar-refractivity contribution is 0.122. The predicted molar refractivity (Wildman–Crippen MR) is 136 cm³/mol. The number of carbonyl (C=O) groups is 1. The van der Waals surface area contributed by atoms with Gasteiger partial charge in [0.2, 0.25) is 0 Å². The molecule has 2 aliphatic heterocycles. The Bertz CT molecular complexity index is 1100. The van der Waals surface area contributed by atoms with Crippen LogP contribution in [0.2, 0.25) is 0 Å². The van der Waals surface area contributed by atoms with Crippen molar-refractivity contribution in [3.05, 3.63) is 46.0 Å². The summed E-state index contributed by atoms with van der Waals surface area (Å²) in [5.74, 6) is 1.01. The van der Waals surface area contributed by atoms with E-state index in [1.165, 1.54) is 6.42 Å². The van der Waals surface area contributed by atoms with Crippen LogP contribution in [0.1, 0.15) is 49.4 Å². The topological polar surface area (TPSA) is 126 Å². The van der Waals surface area contributed by atoms with E-state index in [0.29, 0.717) is 24.7 Å². The molecule has 2 saturated heterocycles. The van der Waals surface area contributed by atoms with E-state index in [-0.39, 0.29) is 29.1 Å². The Morgan fingerprint density at radius 1 is 1.11 bits per heavy atom. The lowest BCUT2D eigenvalue weighted by Crippen LogP contribution is -2.51. The number of carbonyl (C=O) groups excluding carboxylic acids is 1. The Labute approximate surface area is 204 Å². The Morgan fingerprint density at radius 3 is 2.51 bits per heavy atom. The van der Waals surface area contributed by atoms with Gasteiger partial charge in [0.1, 0.15) is 11.6 Å². The first-order valence-corrected chi connectivity index (χ1v) is 12.5. The van der Waals surface area contributed by atoms with Gasteiger partial charge in [-0.15, -0.1) is 0 Å². The van der Waals surface area contributed by atoms with Gasteiger partial charge in [-0.2, -0.15) is 0 Å². The molecule has 2 aromatic rings. The average molecular weight is 480 g/mol. The summed E-state index contributed by atoms with van der Waals surface area (Å²) >= 11 is 0. The fourth-order valence-corrected chi connectivity index (χ4v) is 4.97. The summed E-state index contributed by atoms with van der Waals surface area (Å²) in [6.07, 6.45) is 6.72. The zero-order chi connectivity index (χ0) is 24.2.